The molecule has 0 saturated carbocycles. The second-order valence-corrected chi connectivity index (χ2v) is 6.18. The van der Waals surface area contributed by atoms with Gasteiger partial charge in [-0.25, -0.2) is 0 Å². The smallest absolute Gasteiger partial charge is 0.255 e. The number of amides is 1. The molecular formula is C21H18ClNO4. The molecule has 0 spiro atoms. The first-order valence-electron chi connectivity index (χ1n) is 8.21. The van der Waals surface area contributed by atoms with Crippen LogP contribution in [0.3, 0.4) is 0 Å². The zero-order valence-corrected chi connectivity index (χ0v) is 15.4. The summed E-state index contributed by atoms with van der Waals surface area (Å²) in [6, 6.07) is 19.0. The van der Waals surface area contributed by atoms with E-state index in [-0.39, 0.29) is 16.7 Å². The molecule has 0 atom stereocenters. The van der Waals surface area contributed by atoms with Crippen molar-refractivity contribution in [3.05, 3.63) is 82.9 Å². The van der Waals surface area contributed by atoms with Crippen LogP contribution in [0.1, 0.15) is 15.9 Å². The van der Waals surface area contributed by atoms with Gasteiger partial charge in [0.2, 0.25) is 0 Å². The maximum absolute atomic E-state index is 12.5. The number of rotatable bonds is 6. The Hall–Kier alpha value is -3.18. The molecule has 138 valence electrons. The second-order valence-electron chi connectivity index (χ2n) is 5.77. The zero-order valence-electron chi connectivity index (χ0n) is 14.6. The molecule has 0 aliphatic carbocycles. The Kier molecular flexibility index (Phi) is 5.84. The van der Waals surface area contributed by atoms with E-state index in [2.05, 4.69) is 5.32 Å². The molecule has 0 fully saturated rings. The van der Waals surface area contributed by atoms with Gasteiger partial charge in [0.05, 0.1) is 12.1 Å². The van der Waals surface area contributed by atoms with Gasteiger partial charge in [0, 0.05) is 17.3 Å². The third kappa shape index (κ3) is 4.71. The Bertz CT molecular complexity index is 944. The first-order valence-corrected chi connectivity index (χ1v) is 8.59. The van der Waals surface area contributed by atoms with Gasteiger partial charge in [0.1, 0.15) is 12.4 Å². The molecule has 5 nitrogen and oxygen atoms in total. The summed E-state index contributed by atoms with van der Waals surface area (Å²) in [4.78, 5) is 12.5. The van der Waals surface area contributed by atoms with Crippen molar-refractivity contribution in [1.29, 1.82) is 0 Å². The second kappa shape index (κ2) is 8.47. The standard InChI is InChI=1S/C21H18ClNO4/c1-26-19-11-15(21(25)23-16-8-5-9-17(24)12-16)10-18(22)20(19)27-13-14-6-3-2-4-7-14/h2-12,24H,13H2,1H3,(H,23,25). The summed E-state index contributed by atoms with van der Waals surface area (Å²) in [5.41, 5.74) is 1.77. The van der Waals surface area contributed by atoms with Gasteiger partial charge in [0.25, 0.3) is 5.91 Å². The number of halogens is 1. The molecule has 0 aromatic heterocycles. The minimum absolute atomic E-state index is 0.0630. The first-order chi connectivity index (χ1) is 13.1. The minimum Gasteiger partial charge on any atom is -0.508 e. The van der Waals surface area contributed by atoms with Crippen LogP contribution < -0.4 is 14.8 Å². The summed E-state index contributed by atoms with van der Waals surface area (Å²) >= 11 is 6.33. The Labute approximate surface area is 162 Å². The molecule has 0 radical (unpaired) electrons. The average Bonchev–Trinajstić information content (AvgIpc) is 2.67. The number of nitrogens with one attached hydrogen (secondary N) is 1. The normalized spacial score (nSPS) is 10.3. The lowest BCUT2D eigenvalue weighted by atomic mass is 10.1. The highest BCUT2D eigenvalue weighted by Gasteiger charge is 2.16. The van der Waals surface area contributed by atoms with E-state index in [0.717, 1.165) is 5.56 Å². The van der Waals surface area contributed by atoms with Crippen LogP contribution in [0, 0.1) is 0 Å². The van der Waals surface area contributed by atoms with Crippen LogP contribution in [-0.4, -0.2) is 18.1 Å². The van der Waals surface area contributed by atoms with Crippen molar-refractivity contribution in [2.75, 3.05) is 12.4 Å². The van der Waals surface area contributed by atoms with Crippen LogP contribution in [0.5, 0.6) is 17.2 Å². The van der Waals surface area contributed by atoms with Crippen molar-refractivity contribution in [1.82, 2.24) is 0 Å². The van der Waals surface area contributed by atoms with Crippen molar-refractivity contribution in [2.45, 2.75) is 6.61 Å². The molecule has 3 aromatic rings. The average molecular weight is 384 g/mol. The van der Waals surface area contributed by atoms with Crippen molar-refractivity contribution < 1.29 is 19.4 Å². The third-order valence-electron chi connectivity index (χ3n) is 3.82. The maximum atomic E-state index is 12.5. The lowest BCUT2D eigenvalue weighted by molar-refractivity contribution is 0.102. The molecular weight excluding hydrogens is 366 g/mol. The largest absolute Gasteiger partial charge is 0.508 e. The fourth-order valence-electron chi connectivity index (χ4n) is 2.51. The summed E-state index contributed by atoms with van der Waals surface area (Å²) in [5, 5.41) is 12.5. The lowest BCUT2D eigenvalue weighted by Crippen LogP contribution is -2.12. The van der Waals surface area contributed by atoms with Crippen molar-refractivity contribution in [3.63, 3.8) is 0 Å². The van der Waals surface area contributed by atoms with Gasteiger partial charge in [-0.1, -0.05) is 48.0 Å². The van der Waals surface area contributed by atoms with Crippen molar-refractivity contribution in [3.8, 4) is 17.2 Å². The maximum Gasteiger partial charge on any atom is 0.255 e. The van der Waals surface area contributed by atoms with Gasteiger partial charge in [-0.3, -0.25) is 4.79 Å². The molecule has 3 rings (SSSR count). The van der Waals surface area contributed by atoms with Crippen LogP contribution in [0.15, 0.2) is 66.7 Å². The van der Waals surface area contributed by atoms with Crippen LogP contribution in [0.25, 0.3) is 0 Å². The summed E-state index contributed by atoms with van der Waals surface area (Å²) in [6.45, 7) is 0.325. The van der Waals surface area contributed by atoms with Gasteiger partial charge < -0.3 is 19.9 Å². The highest BCUT2D eigenvalue weighted by Crippen LogP contribution is 2.37. The topological polar surface area (TPSA) is 67.8 Å². The van der Waals surface area contributed by atoms with Crippen LogP contribution in [0.2, 0.25) is 5.02 Å². The van der Waals surface area contributed by atoms with Crippen molar-refractivity contribution >= 4 is 23.2 Å². The van der Waals surface area contributed by atoms with Gasteiger partial charge in [0.15, 0.2) is 11.5 Å². The molecule has 6 heteroatoms. The molecule has 2 N–H and O–H groups in total. The molecule has 27 heavy (non-hydrogen) atoms. The summed E-state index contributed by atoms with van der Waals surface area (Å²) in [5.74, 6) is 0.417. The molecule has 0 unspecified atom stereocenters. The molecule has 3 aromatic carbocycles. The number of hydrogen-bond acceptors (Lipinski definition) is 4. The Balaban J connectivity index is 1.79. The number of benzene rings is 3. The minimum atomic E-state index is -0.379. The highest BCUT2D eigenvalue weighted by molar-refractivity contribution is 6.32. The van der Waals surface area contributed by atoms with E-state index < -0.39 is 0 Å². The Morgan fingerprint density at radius 2 is 1.85 bits per heavy atom. The first kappa shape index (κ1) is 18.6. The van der Waals surface area contributed by atoms with Gasteiger partial charge in [-0.05, 0) is 29.8 Å². The van der Waals surface area contributed by atoms with E-state index in [1.165, 1.54) is 25.3 Å². The van der Waals surface area contributed by atoms with Gasteiger partial charge >= 0.3 is 0 Å². The number of phenols is 1. The predicted octanol–water partition coefficient (Wildman–Crippen LogP) is 4.89. The van der Waals surface area contributed by atoms with E-state index in [0.29, 0.717) is 29.4 Å². The summed E-state index contributed by atoms with van der Waals surface area (Å²) < 4.78 is 11.1. The molecule has 1 amide bonds. The zero-order chi connectivity index (χ0) is 19.2. The fourth-order valence-corrected chi connectivity index (χ4v) is 2.77. The van der Waals surface area contributed by atoms with E-state index in [9.17, 15) is 9.90 Å². The van der Waals surface area contributed by atoms with E-state index in [1.807, 2.05) is 30.3 Å². The van der Waals surface area contributed by atoms with E-state index in [1.54, 1.807) is 18.2 Å². The molecule has 0 saturated heterocycles. The summed E-state index contributed by atoms with van der Waals surface area (Å²) in [6.07, 6.45) is 0. The number of carbonyl (C=O) groups is 1. The fraction of sp³-hybridized carbons (Fsp3) is 0.0952. The molecule has 0 aliphatic rings. The SMILES string of the molecule is COc1cc(C(=O)Nc2cccc(O)c2)cc(Cl)c1OCc1ccccc1. The van der Waals surface area contributed by atoms with E-state index in [4.69, 9.17) is 21.1 Å². The van der Waals surface area contributed by atoms with Gasteiger partial charge in [-0.2, -0.15) is 0 Å². The number of hydrogen-bond donors (Lipinski definition) is 2. The molecule has 0 aliphatic heterocycles. The monoisotopic (exact) mass is 383 g/mol. The number of carbonyl (C=O) groups excluding carboxylic acids is 1. The van der Waals surface area contributed by atoms with Crippen LogP contribution >= 0.6 is 11.6 Å². The van der Waals surface area contributed by atoms with E-state index >= 15 is 0 Å². The van der Waals surface area contributed by atoms with Gasteiger partial charge in [-0.15, -0.1) is 0 Å². The number of phenolic OH excluding ortho intramolecular Hbond substituents is 1. The van der Waals surface area contributed by atoms with Crippen molar-refractivity contribution in [2.24, 2.45) is 0 Å². The lowest BCUT2D eigenvalue weighted by Gasteiger charge is -2.14. The number of anilines is 1. The number of aromatic hydroxyl groups is 1. The number of methoxy groups -OCH3 is 1. The van der Waals surface area contributed by atoms with Crippen LogP contribution in [0.4, 0.5) is 5.69 Å². The van der Waals surface area contributed by atoms with Crippen LogP contribution in [-0.2, 0) is 6.61 Å². The quantitative estimate of drug-likeness (QED) is 0.636. The Morgan fingerprint density at radius 3 is 2.56 bits per heavy atom. The summed E-state index contributed by atoms with van der Waals surface area (Å²) in [7, 11) is 1.48. The highest BCUT2D eigenvalue weighted by atomic mass is 35.5. The molecule has 0 bridgehead atoms. The Morgan fingerprint density at radius 1 is 1.07 bits per heavy atom. The molecule has 0 heterocycles. The number of ether oxygens (including phenoxy) is 2. The predicted molar refractivity (Wildman–Crippen MR) is 105 cm³/mol. The third-order valence-corrected chi connectivity index (χ3v) is 4.10.